The number of nitrogens with two attached hydrogens (primary N) is 1. The SMILES string of the molecule is C=CC1CC1C(=O)OC.CC(C)(C)OC(N)=O. The highest BCUT2D eigenvalue weighted by atomic mass is 16.6. The van der Waals surface area contributed by atoms with Gasteiger partial charge in [-0.3, -0.25) is 4.79 Å². The standard InChI is InChI=1S/C7H10O2.C5H11NO2/c1-3-5-4-6(5)7(8)9-2;1-5(2,3)8-4(6)7/h3,5-6H,1,4H2,2H3;1-3H3,(H2,6,7). The summed E-state index contributed by atoms with van der Waals surface area (Å²) in [5.74, 6) is 0.407. The van der Waals surface area contributed by atoms with Gasteiger partial charge in [-0.1, -0.05) is 6.08 Å². The van der Waals surface area contributed by atoms with E-state index in [0.29, 0.717) is 5.92 Å². The number of methoxy groups -OCH3 is 1. The summed E-state index contributed by atoms with van der Waals surface area (Å²) in [5.41, 5.74) is 4.26. The maximum Gasteiger partial charge on any atom is 0.405 e. The molecule has 0 aliphatic heterocycles. The van der Waals surface area contributed by atoms with Crippen LogP contribution in [0.5, 0.6) is 0 Å². The lowest BCUT2D eigenvalue weighted by Crippen LogP contribution is -2.27. The average molecular weight is 243 g/mol. The second-order valence-electron chi connectivity index (χ2n) is 4.80. The zero-order valence-corrected chi connectivity index (χ0v) is 10.9. The third kappa shape index (κ3) is 7.38. The Morgan fingerprint density at radius 1 is 1.41 bits per heavy atom. The fraction of sp³-hybridized carbons (Fsp3) is 0.667. The molecule has 0 spiro atoms. The van der Waals surface area contributed by atoms with Gasteiger partial charge < -0.3 is 15.2 Å². The Morgan fingerprint density at radius 3 is 2.12 bits per heavy atom. The fourth-order valence-electron chi connectivity index (χ4n) is 1.20. The largest absolute Gasteiger partial charge is 0.469 e. The first-order valence-electron chi connectivity index (χ1n) is 5.40. The molecule has 1 aliphatic carbocycles. The molecule has 1 amide bonds. The molecule has 0 radical (unpaired) electrons. The summed E-state index contributed by atoms with van der Waals surface area (Å²) in [6, 6.07) is 0. The highest BCUT2D eigenvalue weighted by Crippen LogP contribution is 2.39. The van der Waals surface area contributed by atoms with Crippen molar-refractivity contribution >= 4 is 12.1 Å². The summed E-state index contributed by atoms with van der Waals surface area (Å²) < 4.78 is 9.10. The zero-order chi connectivity index (χ0) is 13.6. The number of esters is 1. The van der Waals surface area contributed by atoms with Crippen molar-refractivity contribution in [1.82, 2.24) is 0 Å². The number of ether oxygens (including phenoxy) is 2. The molecule has 0 heterocycles. The monoisotopic (exact) mass is 243 g/mol. The third-order valence-corrected chi connectivity index (χ3v) is 2.05. The molecule has 1 rings (SSSR count). The zero-order valence-electron chi connectivity index (χ0n) is 10.9. The number of hydrogen-bond acceptors (Lipinski definition) is 4. The molecule has 2 atom stereocenters. The molecular weight excluding hydrogens is 222 g/mol. The molecule has 1 saturated carbocycles. The van der Waals surface area contributed by atoms with Crippen LogP contribution in [0.4, 0.5) is 4.79 Å². The van der Waals surface area contributed by atoms with Crippen LogP contribution in [0.25, 0.3) is 0 Å². The lowest BCUT2D eigenvalue weighted by molar-refractivity contribution is -0.142. The summed E-state index contributed by atoms with van der Waals surface area (Å²) in [5, 5.41) is 0. The summed E-state index contributed by atoms with van der Waals surface area (Å²) in [6.45, 7) is 8.87. The molecule has 0 saturated heterocycles. The summed E-state index contributed by atoms with van der Waals surface area (Å²) in [6.07, 6.45) is 2.01. The van der Waals surface area contributed by atoms with Gasteiger partial charge in [0.2, 0.25) is 0 Å². The van der Waals surface area contributed by atoms with Crippen LogP contribution in [0, 0.1) is 11.8 Å². The van der Waals surface area contributed by atoms with Gasteiger partial charge >= 0.3 is 12.1 Å². The Hall–Kier alpha value is -1.52. The molecule has 1 fully saturated rings. The molecule has 2 N–H and O–H groups in total. The average Bonchev–Trinajstić information content (AvgIpc) is 2.92. The van der Waals surface area contributed by atoms with E-state index in [0.717, 1.165) is 6.42 Å². The van der Waals surface area contributed by atoms with Gasteiger partial charge in [-0.15, -0.1) is 6.58 Å². The van der Waals surface area contributed by atoms with E-state index in [9.17, 15) is 9.59 Å². The van der Waals surface area contributed by atoms with Crippen molar-refractivity contribution < 1.29 is 19.1 Å². The Morgan fingerprint density at radius 2 is 1.94 bits per heavy atom. The van der Waals surface area contributed by atoms with Crippen molar-refractivity contribution in [2.45, 2.75) is 32.8 Å². The number of hydrogen-bond donors (Lipinski definition) is 1. The first-order valence-corrected chi connectivity index (χ1v) is 5.40. The van der Waals surface area contributed by atoms with Crippen LogP contribution in [0.2, 0.25) is 0 Å². The van der Waals surface area contributed by atoms with Gasteiger partial charge in [-0.25, -0.2) is 4.79 Å². The summed E-state index contributed by atoms with van der Waals surface area (Å²) >= 11 is 0. The smallest absolute Gasteiger partial charge is 0.405 e. The van der Waals surface area contributed by atoms with Crippen LogP contribution in [0.15, 0.2) is 12.7 Å². The molecule has 1 aliphatic rings. The van der Waals surface area contributed by atoms with Crippen LogP contribution in [0.3, 0.4) is 0 Å². The Bertz CT molecular complexity index is 293. The van der Waals surface area contributed by atoms with E-state index in [1.807, 2.05) is 6.08 Å². The number of allylic oxidation sites excluding steroid dienone is 1. The third-order valence-electron chi connectivity index (χ3n) is 2.05. The predicted octanol–water partition coefficient (Wildman–Crippen LogP) is 1.86. The van der Waals surface area contributed by atoms with E-state index in [-0.39, 0.29) is 11.9 Å². The quantitative estimate of drug-likeness (QED) is 0.593. The van der Waals surface area contributed by atoms with Gasteiger partial charge in [0.25, 0.3) is 0 Å². The maximum absolute atomic E-state index is 10.7. The Kier molecular flexibility index (Phi) is 5.71. The van der Waals surface area contributed by atoms with Crippen LogP contribution in [-0.4, -0.2) is 24.8 Å². The van der Waals surface area contributed by atoms with Crippen LogP contribution < -0.4 is 5.73 Å². The van der Waals surface area contributed by atoms with E-state index in [1.54, 1.807) is 20.8 Å². The second kappa shape index (κ2) is 6.27. The number of carbonyl (C=O) groups is 2. The van der Waals surface area contributed by atoms with Gasteiger partial charge in [0.15, 0.2) is 0 Å². The Balaban J connectivity index is 0.000000304. The normalized spacial score (nSPS) is 21.6. The highest BCUT2D eigenvalue weighted by molar-refractivity contribution is 5.76. The van der Waals surface area contributed by atoms with Gasteiger partial charge in [0.05, 0.1) is 13.0 Å². The van der Waals surface area contributed by atoms with Gasteiger partial charge in [0.1, 0.15) is 5.60 Å². The van der Waals surface area contributed by atoms with Gasteiger partial charge in [-0.2, -0.15) is 0 Å². The molecule has 2 unspecified atom stereocenters. The first kappa shape index (κ1) is 15.5. The van der Waals surface area contributed by atoms with Crippen LogP contribution >= 0.6 is 0 Å². The molecule has 0 aromatic carbocycles. The van der Waals surface area contributed by atoms with E-state index in [2.05, 4.69) is 16.1 Å². The van der Waals surface area contributed by atoms with Crippen LogP contribution in [-0.2, 0) is 14.3 Å². The number of amides is 1. The van der Waals surface area contributed by atoms with Crippen molar-refractivity contribution in [2.24, 2.45) is 17.6 Å². The Labute approximate surface area is 102 Å². The first-order chi connectivity index (χ1) is 7.71. The fourth-order valence-corrected chi connectivity index (χ4v) is 1.20. The highest BCUT2D eigenvalue weighted by Gasteiger charge is 2.41. The lowest BCUT2D eigenvalue weighted by atomic mass is 10.2. The van der Waals surface area contributed by atoms with Crippen LogP contribution in [0.1, 0.15) is 27.2 Å². The number of rotatable bonds is 2. The van der Waals surface area contributed by atoms with Gasteiger partial charge in [0, 0.05) is 0 Å². The van der Waals surface area contributed by atoms with E-state index in [1.165, 1.54) is 7.11 Å². The van der Waals surface area contributed by atoms with Crippen molar-refractivity contribution in [1.29, 1.82) is 0 Å². The number of primary amides is 1. The minimum absolute atomic E-state index is 0.0973. The molecule has 0 aromatic rings. The van der Waals surface area contributed by atoms with Crippen molar-refractivity contribution in [3.8, 4) is 0 Å². The van der Waals surface area contributed by atoms with E-state index in [4.69, 9.17) is 5.73 Å². The van der Waals surface area contributed by atoms with Crippen molar-refractivity contribution in [3.05, 3.63) is 12.7 Å². The molecule has 0 aromatic heterocycles. The van der Waals surface area contributed by atoms with Gasteiger partial charge in [-0.05, 0) is 33.1 Å². The molecule has 5 nitrogen and oxygen atoms in total. The molecule has 5 heteroatoms. The van der Waals surface area contributed by atoms with E-state index >= 15 is 0 Å². The summed E-state index contributed by atoms with van der Waals surface area (Å²) in [4.78, 5) is 20.7. The summed E-state index contributed by atoms with van der Waals surface area (Å²) in [7, 11) is 1.42. The van der Waals surface area contributed by atoms with Crippen molar-refractivity contribution in [3.63, 3.8) is 0 Å². The minimum atomic E-state index is -0.725. The molecule has 17 heavy (non-hydrogen) atoms. The van der Waals surface area contributed by atoms with E-state index < -0.39 is 11.7 Å². The topological polar surface area (TPSA) is 78.6 Å². The molecule has 98 valence electrons. The minimum Gasteiger partial charge on any atom is -0.469 e. The second-order valence-corrected chi connectivity index (χ2v) is 4.80. The molecular formula is C12H21NO4. The lowest BCUT2D eigenvalue weighted by Gasteiger charge is -2.16. The predicted molar refractivity (Wildman–Crippen MR) is 64.2 cm³/mol. The molecule has 0 bridgehead atoms. The number of carbonyl (C=O) groups excluding carboxylic acids is 2. The van der Waals surface area contributed by atoms with Crippen molar-refractivity contribution in [2.75, 3.05) is 7.11 Å². The maximum atomic E-state index is 10.7.